The molecule has 0 amide bonds. The van der Waals surface area contributed by atoms with Crippen molar-refractivity contribution in [3.05, 3.63) is 35.4 Å². The van der Waals surface area contributed by atoms with Gasteiger partial charge in [-0.25, -0.2) is 0 Å². The molecule has 3 heteroatoms. The van der Waals surface area contributed by atoms with Gasteiger partial charge in [-0.2, -0.15) is 11.8 Å². The van der Waals surface area contributed by atoms with Crippen LogP contribution in [0.3, 0.4) is 0 Å². The zero-order valence-electron chi connectivity index (χ0n) is 12.1. The third-order valence-corrected chi connectivity index (χ3v) is 4.46. The lowest BCUT2D eigenvalue weighted by Gasteiger charge is -2.32. The van der Waals surface area contributed by atoms with E-state index in [2.05, 4.69) is 50.4 Å². The summed E-state index contributed by atoms with van der Waals surface area (Å²) in [6, 6.07) is 9.06. The van der Waals surface area contributed by atoms with E-state index in [1.165, 1.54) is 11.1 Å². The van der Waals surface area contributed by atoms with Gasteiger partial charge >= 0.3 is 0 Å². The number of benzene rings is 1. The second-order valence-electron chi connectivity index (χ2n) is 5.15. The Balaban J connectivity index is 2.45. The number of likely N-dealkylation sites (N-methyl/N-ethyl adjacent to an activating group) is 1. The van der Waals surface area contributed by atoms with E-state index in [0.717, 1.165) is 11.5 Å². The molecule has 0 fully saturated rings. The molecule has 0 aliphatic rings. The summed E-state index contributed by atoms with van der Waals surface area (Å²) in [6.45, 7) is 6.39. The standard InChI is InChI=1S/C15H25NOS/c1-12-7-6-8-13(9-12)10-18-11-14(16-4)15(2,3)17-5/h6-9,14,16H,10-11H2,1-5H3. The largest absolute Gasteiger partial charge is 0.377 e. The van der Waals surface area contributed by atoms with Crippen molar-refractivity contribution < 1.29 is 4.74 Å². The normalized spacial score (nSPS) is 13.6. The van der Waals surface area contributed by atoms with Crippen LogP contribution in [-0.2, 0) is 10.5 Å². The number of aryl methyl sites for hydroxylation is 1. The average molecular weight is 267 g/mol. The van der Waals surface area contributed by atoms with Crippen LogP contribution in [0.5, 0.6) is 0 Å². The summed E-state index contributed by atoms with van der Waals surface area (Å²) in [5.74, 6) is 2.10. The number of rotatable bonds is 7. The fourth-order valence-corrected chi connectivity index (χ4v) is 3.21. The number of thioether (sulfide) groups is 1. The molecule has 1 aromatic carbocycles. The molecular formula is C15H25NOS. The van der Waals surface area contributed by atoms with Gasteiger partial charge in [0, 0.05) is 24.7 Å². The number of ether oxygens (including phenoxy) is 1. The van der Waals surface area contributed by atoms with Crippen LogP contribution in [0.1, 0.15) is 25.0 Å². The number of methoxy groups -OCH3 is 1. The van der Waals surface area contributed by atoms with Crippen molar-refractivity contribution in [1.82, 2.24) is 5.32 Å². The molecule has 1 N–H and O–H groups in total. The molecule has 0 aliphatic carbocycles. The first-order chi connectivity index (χ1) is 8.49. The molecule has 0 bridgehead atoms. The summed E-state index contributed by atoms with van der Waals surface area (Å²) in [5.41, 5.74) is 2.59. The van der Waals surface area contributed by atoms with E-state index in [9.17, 15) is 0 Å². The Morgan fingerprint density at radius 3 is 2.67 bits per heavy atom. The molecule has 0 radical (unpaired) electrons. The average Bonchev–Trinajstić information content (AvgIpc) is 2.34. The quantitative estimate of drug-likeness (QED) is 0.819. The summed E-state index contributed by atoms with van der Waals surface area (Å²) in [4.78, 5) is 0. The highest BCUT2D eigenvalue weighted by atomic mass is 32.2. The third-order valence-electron chi connectivity index (χ3n) is 3.35. The van der Waals surface area contributed by atoms with Crippen molar-refractivity contribution in [2.45, 2.75) is 38.2 Å². The molecule has 1 rings (SSSR count). The van der Waals surface area contributed by atoms with Crippen LogP contribution >= 0.6 is 11.8 Å². The van der Waals surface area contributed by atoms with E-state index in [1.54, 1.807) is 7.11 Å². The van der Waals surface area contributed by atoms with Gasteiger partial charge < -0.3 is 10.1 Å². The van der Waals surface area contributed by atoms with Crippen molar-refractivity contribution >= 4 is 11.8 Å². The minimum absolute atomic E-state index is 0.131. The van der Waals surface area contributed by atoms with Crippen molar-refractivity contribution in [3.63, 3.8) is 0 Å². The Kier molecular flexibility index (Phi) is 6.19. The molecule has 1 aromatic rings. The SMILES string of the molecule is CNC(CSCc1cccc(C)c1)C(C)(C)OC. The van der Waals surface area contributed by atoms with Crippen LogP contribution in [-0.4, -0.2) is 31.6 Å². The van der Waals surface area contributed by atoms with E-state index < -0.39 is 0 Å². The van der Waals surface area contributed by atoms with Gasteiger partial charge in [0.15, 0.2) is 0 Å². The lowest BCUT2D eigenvalue weighted by atomic mass is 10.0. The predicted octanol–water partition coefficient (Wildman–Crippen LogP) is 3.24. The van der Waals surface area contributed by atoms with E-state index in [0.29, 0.717) is 6.04 Å². The van der Waals surface area contributed by atoms with Gasteiger partial charge in [0.1, 0.15) is 0 Å². The molecule has 18 heavy (non-hydrogen) atoms. The van der Waals surface area contributed by atoms with Gasteiger partial charge in [0.05, 0.1) is 5.60 Å². The number of hydrogen-bond donors (Lipinski definition) is 1. The lowest BCUT2D eigenvalue weighted by Crippen LogP contribution is -2.48. The molecular weight excluding hydrogens is 242 g/mol. The van der Waals surface area contributed by atoms with Gasteiger partial charge in [-0.3, -0.25) is 0 Å². The Morgan fingerprint density at radius 1 is 1.39 bits per heavy atom. The molecule has 0 aromatic heterocycles. The summed E-state index contributed by atoms with van der Waals surface area (Å²) in [6.07, 6.45) is 0. The molecule has 1 unspecified atom stereocenters. The van der Waals surface area contributed by atoms with Gasteiger partial charge in [-0.05, 0) is 33.4 Å². The first-order valence-electron chi connectivity index (χ1n) is 6.35. The fourth-order valence-electron chi connectivity index (χ4n) is 1.87. The minimum atomic E-state index is -0.131. The smallest absolute Gasteiger partial charge is 0.0782 e. The van der Waals surface area contributed by atoms with E-state index in [4.69, 9.17) is 4.74 Å². The second kappa shape index (κ2) is 7.17. The minimum Gasteiger partial charge on any atom is -0.377 e. The first kappa shape index (κ1) is 15.5. The van der Waals surface area contributed by atoms with Gasteiger partial charge in [0.2, 0.25) is 0 Å². The topological polar surface area (TPSA) is 21.3 Å². The summed E-state index contributed by atoms with van der Waals surface area (Å²) >= 11 is 1.95. The maximum atomic E-state index is 5.54. The maximum absolute atomic E-state index is 5.54. The maximum Gasteiger partial charge on any atom is 0.0782 e. The Bertz CT molecular complexity index is 365. The van der Waals surface area contributed by atoms with Crippen LogP contribution in [0.25, 0.3) is 0 Å². The fraction of sp³-hybridized carbons (Fsp3) is 0.600. The highest BCUT2D eigenvalue weighted by Gasteiger charge is 2.27. The van der Waals surface area contributed by atoms with Gasteiger partial charge in [-0.1, -0.05) is 29.8 Å². The van der Waals surface area contributed by atoms with Crippen molar-refractivity contribution in [2.24, 2.45) is 0 Å². The van der Waals surface area contributed by atoms with Crippen molar-refractivity contribution in [2.75, 3.05) is 19.9 Å². The van der Waals surface area contributed by atoms with Gasteiger partial charge in [-0.15, -0.1) is 0 Å². The summed E-state index contributed by atoms with van der Waals surface area (Å²) in [7, 11) is 3.77. The van der Waals surface area contributed by atoms with Gasteiger partial charge in [0.25, 0.3) is 0 Å². The van der Waals surface area contributed by atoms with Crippen molar-refractivity contribution in [1.29, 1.82) is 0 Å². The van der Waals surface area contributed by atoms with Crippen LogP contribution in [0.15, 0.2) is 24.3 Å². The zero-order valence-corrected chi connectivity index (χ0v) is 12.9. The van der Waals surface area contributed by atoms with E-state index >= 15 is 0 Å². The number of nitrogens with one attached hydrogen (secondary N) is 1. The van der Waals surface area contributed by atoms with E-state index in [1.807, 2.05) is 18.8 Å². The molecule has 2 nitrogen and oxygen atoms in total. The highest BCUT2D eigenvalue weighted by molar-refractivity contribution is 7.98. The van der Waals surface area contributed by atoms with Crippen LogP contribution in [0.2, 0.25) is 0 Å². The monoisotopic (exact) mass is 267 g/mol. The summed E-state index contributed by atoms with van der Waals surface area (Å²) in [5, 5.41) is 3.35. The first-order valence-corrected chi connectivity index (χ1v) is 7.50. The number of hydrogen-bond acceptors (Lipinski definition) is 3. The van der Waals surface area contributed by atoms with Crippen LogP contribution in [0.4, 0.5) is 0 Å². The van der Waals surface area contributed by atoms with E-state index in [-0.39, 0.29) is 5.60 Å². The Hall–Kier alpha value is -0.510. The third kappa shape index (κ3) is 4.63. The molecule has 0 heterocycles. The Labute approximate surface area is 116 Å². The van der Waals surface area contributed by atoms with Crippen LogP contribution < -0.4 is 5.32 Å². The zero-order chi connectivity index (χ0) is 13.6. The van der Waals surface area contributed by atoms with Crippen LogP contribution in [0, 0.1) is 6.92 Å². The Morgan fingerprint density at radius 2 is 2.11 bits per heavy atom. The summed E-state index contributed by atoms with van der Waals surface area (Å²) < 4.78 is 5.54. The molecule has 0 aliphatic heterocycles. The molecule has 0 spiro atoms. The molecule has 0 saturated carbocycles. The van der Waals surface area contributed by atoms with Crippen molar-refractivity contribution in [3.8, 4) is 0 Å². The predicted molar refractivity (Wildman–Crippen MR) is 81.3 cm³/mol. The lowest BCUT2D eigenvalue weighted by molar-refractivity contribution is -0.00156. The molecule has 1 atom stereocenters. The molecule has 0 saturated heterocycles. The molecule has 102 valence electrons. The second-order valence-corrected chi connectivity index (χ2v) is 6.18. The highest BCUT2D eigenvalue weighted by Crippen LogP contribution is 2.20.